The molecule has 1 fully saturated rings. The summed E-state index contributed by atoms with van der Waals surface area (Å²) in [6.07, 6.45) is 1.87. The minimum atomic E-state index is -0.914. The van der Waals surface area contributed by atoms with Crippen LogP contribution in [0.5, 0.6) is 0 Å². The van der Waals surface area contributed by atoms with Crippen LogP contribution >= 0.6 is 0 Å². The van der Waals surface area contributed by atoms with Gasteiger partial charge in [0.05, 0.1) is 18.9 Å². The molecule has 1 aromatic carbocycles. The van der Waals surface area contributed by atoms with Crippen molar-refractivity contribution < 1.29 is 19.1 Å². The highest BCUT2D eigenvalue weighted by Crippen LogP contribution is 2.20. The van der Waals surface area contributed by atoms with E-state index in [4.69, 9.17) is 0 Å². The van der Waals surface area contributed by atoms with Gasteiger partial charge >= 0.3 is 12.0 Å². The van der Waals surface area contributed by atoms with E-state index in [9.17, 15) is 14.4 Å². The number of nitrogens with one attached hydrogen (secondary N) is 1. The highest BCUT2D eigenvalue weighted by Gasteiger charge is 2.46. The lowest BCUT2D eigenvalue weighted by Gasteiger charge is -2.17. The first-order valence-electron chi connectivity index (χ1n) is 6.80. The first-order valence-corrected chi connectivity index (χ1v) is 6.80. The molecule has 0 spiro atoms. The summed E-state index contributed by atoms with van der Waals surface area (Å²) in [5.41, 5.74) is 0.148. The van der Waals surface area contributed by atoms with Gasteiger partial charge in [-0.3, -0.25) is 4.79 Å². The summed E-state index contributed by atoms with van der Waals surface area (Å²) in [4.78, 5) is 35.2. The van der Waals surface area contributed by atoms with E-state index >= 15 is 0 Å². The maximum atomic E-state index is 12.1. The van der Waals surface area contributed by atoms with E-state index in [1.807, 2.05) is 6.92 Å². The standard InChI is InChI=1S/C15H17N3O4/c1-4-15(2)13(20)18(14(21)17-15)16-9-10-5-7-11(8-6-10)12(19)22-3/h5-9H,4H2,1-3H3,(H,17,21)/b16-9-/t15-/m1/s1. The molecule has 3 amide bonds. The number of imide groups is 1. The summed E-state index contributed by atoms with van der Waals surface area (Å²) in [6.45, 7) is 3.48. The second-order valence-electron chi connectivity index (χ2n) is 5.09. The predicted octanol–water partition coefficient (Wildman–Crippen LogP) is 1.53. The Morgan fingerprint density at radius 1 is 1.36 bits per heavy atom. The van der Waals surface area contributed by atoms with Crippen LogP contribution in [-0.2, 0) is 9.53 Å². The number of amides is 3. The lowest BCUT2D eigenvalue weighted by atomic mass is 10.00. The van der Waals surface area contributed by atoms with E-state index in [0.717, 1.165) is 5.01 Å². The molecule has 0 radical (unpaired) electrons. The molecule has 1 aliphatic heterocycles. The molecule has 7 nitrogen and oxygen atoms in total. The molecular weight excluding hydrogens is 286 g/mol. The largest absolute Gasteiger partial charge is 0.465 e. The van der Waals surface area contributed by atoms with Crippen molar-refractivity contribution in [1.82, 2.24) is 10.3 Å². The quantitative estimate of drug-likeness (QED) is 0.519. The van der Waals surface area contributed by atoms with E-state index in [1.54, 1.807) is 31.2 Å². The van der Waals surface area contributed by atoms with Crippen molar-refractivity contribution in [3.8, 4) is 0 Å². The summed E-state index contributed by atoms with van der Waals surface area (Å²) >= 11 is 0. The van der Waals surface area contributed by atoms with Crippen LogP contribution in [0.25, 0.3) is 0 Å². The van der Waals surface area contributed by atoms with Gasteiger partial charge in [0.25, 0.3) is 5.91 Å². The molecule has 22 heavy (non-hydrogen) atoms. The lowest BCUT2D eigenvalue weighted by molar-refractivity contribution is -0.130. The van der Waals surface area contributed by atoms with Crippen molar-refractivity contribution in [3.05, 3.63) is 35.4 Å². The Labute approximate surface area is 127 Å². The van der Waals surface area contributed by atoms with Gasteiger partial charge in [0.2, 0.25) is 0 Å². The SMILES string of the molecule is CC[C@@]1(C)NC(=O)N(/N=C\c2ccc(C(=O)OC)cc2)C1=O. The van der Waals surface area contributed by atoms with Crippen LogP contribution in [-0.4, -0.2) is 41.8 Å². The minimum absolute atomic E-state index is 0.387. The van der Waals surface area contributed by atoms with E-state index in [-0.39, 0.29) is 5.91 Å². The summed E-state index contributed by atoms with van der Waals surface area (Å²) in [6, 6.07) is 5.90. The number of nitrogens with zero attached hydrogens (tertiary/aromatic N) is 2. The average molecular weight is 303 g/mol. The average Bonchev–Trinajstić information content (AvgIpc) is 2.75. The van der Waals surface area contributed by atoms with Gasteiger partial charge in [-0.05, 0) is 31.0 Å². The molecule has 1 heterocycles. The lowest BCUT2D eigenvalue weighted by Crippen LogP contribution is -2.42. The van der Waals surface area contributed by atoms with Crippen LogP contribution in [0.4, 0.5) is 4.79 Å². The maximum Gasteiger partial charge on any atom is 0.346 e. The Balaban J connectivity index is 2.14. The molecule has 1 aromatic rings. The fourth-order valence-electron chi connectivity index (χ4n) is 1.96. The Hall–Kier alpha value is -2.70. The van der Waals surface area contributed by atoms with Gasteiger partial charge < -0.3 is 10.1 Å². The third-order valence-corrected chi connectivity index (χ3v) is 3.60. The second kappa shape index (κ2) is 5.97. The Kier molecular flexibility index (Phi) is 4.25. The van der Waals surface area contributed by atoms with Gasteiger partial charge in [0.15, 0.2) is 0 Å². The molecule has 1 aliphatic rings. The number of carbonyl (C=O) groups is 3. The van der Waals surface area contributed by atoms with E-state index in [0.29, 0.717) is 17.5 Å². The number of carbonyl (C=O) groups excluding carboxylic acids is 3. The Morgan fingerprint density at radius 2 is 2.00 bits per heavy atom. The van der Waals surface area contributed by atoms with Crippen molar-refractivity contribution in [2.45, 2.75) is 25.8 Å². The van der Waals surface area contributed by atoms with Crippen molar-refractivity contribution >= 4 is 24.1 Å². The van der Waals surface area contributed by atoms with E-state index < -0.39 is 17.5 Å². The van der Waals surface area contributed by atoms with Gasteiger partial charge in [0, 0.05) is 0 Å². The molecule has 2 rings (SSSR count). The van der Waals surface area contributed by atoms with Crippen LogP contribution in [0.2, 0.25) is 0 Å². The normalized spacial score (nSPS) is 21.3. The number of esters is 1. The molecule has 0 bridgehead atoms. The molecular formula is C15H17N3O4. The number of urea groups is 1. The molecule has 1 saturated heterocycles. The topological polar surface area (TPSA) is 88.1 Å². The summed E-state index contributed by atoms with van der Waals surface area (Å²) in [5, 5.41) is 7.35. The number of hydrogen-bond donors (Lipinski definition) is 1. The van der Waals surface area contributed by atoms with E-state index in [2.05, 4.69) is 15.2 Å². The van der Waals surface area contributed by atoms with Gasteiger partial charge in [-0.25, -0.2) is 9.59 Å². The van der Waals surface area contributed by atoms with Crippen molar-refractivity contribution in [2.24, 2.45) is 5.10 Å². The second-order valence-corrected chi connectivity index (χ2v) is 5.09. The van der Waals surface area contributed by atoms with Crippen LogP contribution in [0.15, 0.2) is 29.4 Å². The highest BCUT2D eigenvalue weighted by atomic mass is 16.5. The highest BCUT2D eigenvalue weighted by molar-refractivity contribution is 6.07. The van der Waals surface area contributed by atoms with Gasteiger partial charge in [-0.15, -0.1) is 5.01 Å². The van der Waals surface area contributed by atoms with Gasteiger partial charge in [-0.1, -0.05) is 19.1 Å². The van der Waals surface area contributed by atoms with Crippen molar-refractivity contribution in [3.63, 3.8) is 0 Å². The number of hydrogen-bond acceptors (Lipinski definition) is 5. The molecule has 0 aliphatic carbocycles. The zero-order chi connectivity index (χ0) is 16.3. The van der Waals surface area contributed by atoms with Gasteiger partial charge in [0.1, 0.15) is 5.54 Å². The molecule has 116 valence electrons. The van der Waals surface area contributed by atoms with Crippen LogP contribution in [0, 0.1) is 0 Å². The van der Waals surface area contributed by atoms with Crippen LogP contribution < -0.4 is 5.32 Å². The zero-order valence-electron chi connectivity index (χ0n) is 12.6. The monoisotopic (exact) mass is 303 g/mol. The molecule has 1 N–H and O–H groups in total. The number of ether oxygens (including phenoxy) is 1. The zero-order valence-corrected chi connectivity index (χ0v) is 12.6. The summed E-state index contributed by atoms with van der Waals surface area (Å²) < 4.78 is 4.60. The van der Waals surface area contributed by atoms with Crippen molar-refractivity contribution in [2.75, 3.05) is 7.11 Å². The number of rotatable bonds is 4. The molecule has 0 unspecified atom stereocenters. The molecule has 0 saturated carbocycles. The number of hydrazone groups is 1. The van der Waals surface area contributed by atoms with Crippen LogP contribution in [0.3, 0.4) is 0 Å². The van der Waals surface area contributed by atoms with E-state index in [1.165, 1.54) is 13.3 Å². The third-order valence-electron chi connectivity index (χ3n) is 3.60. The minimum Gasteiger partial charge on any atom is -0.465 e. The smallest absolute Gasteiger partial charge is 0.346 e. The summed E-state index contributed by atoms with van der Waals surface area (Å²) in [5.74, 6) is -0.821. The Morgan fingerprint density at radius 3 is 2.50 bits per heavy atom. The maximum absolute atomic E-state index is 12.1. The fourth-order valence-corrected chi connectivity index (χ4v) is 1.96. The molecule has 0 aromatic heterocycles. The Bertz CT molecular complexity index is 639. The summed E-state index contributed by atoms with van der Waals surface area (Å²) in [7, 11) is 1.31. The first kappa shape index (κ1) is 15.7. The predicted molar refractivity (Wildman–Crippen MR) is 79.4 cm³/mol. The molecule has 1 atom stereocenters. The molecule has 7 heteroatoms. The third kappa shape index (κ3) is 2.83. The first-order chi connectivity index (χ1) is 10.4. The number of methoxy groups -OCH3 is 1. The number of benzene rings is 1. The van der Waals surface area contributed by atoms with Gasteiger partial charge in [-0.2, -0.15) is 5.10 Å². The fraction of sp³-hybridized carbons (Fsp3) is 0.333. The van der Waals surface area contributed by atoms with Crippen LogP contribution in [0.1, 0.15) is 36.2 Å². The van der Waals surface area contributed by atoms with Crippen molar-refractivity contribution in [1.29, 1.82) is 0 Å².